The fraction of sp³-hybridized carbons (Fsp3) is 0.208. The number of carbonyl (C=O) groups excluding carboxylic acids is 1. The van der Waals surface area contributed by atoms with E-state index in [9.17, 15) is 13.2 Å². The summed E-state index contributed by atoms with van der Waals surface area (Å²) in [6.07, 6.45) is 0.582. The lowest BCUT2D eigenvalue weighted by atomic mass is 10.1. The zero-order valence-electron chi connectivity index (χ0n) is 18.3. The van der Waals surface area contributed by atoms with E-state index >= 15 is 0 Å². The van der Waals surface area contributed by atoms with E-state index in [0.29, 0.717) is 30.2 Å². The Labute approximate surface area is 192 Å². The van der Waals surface area contributed by atoms with E-state index in [-0.39, 0.29) is 28.9 Å². The maximum Gasteiger partial charge on any atom is 0.265 e. The molecule has 8 nitrogen and oxygen atoms in total. The molecule has 3 aromatic rings. The molecule has 0 saturated heterocycles. The average Bonchev–Trinajstić information content (AvgIpc) is 3.28. The predicted molar refractivity (Wildman–Crippen MR) is 124 cm³/mol. The quantitative estimate of drug-likeness (QED) is 0.525. The van der Waals surface area contributed by atoms with Crippen LogP contribution < -0.4 is 24.2 Å². The monoisotopic (exact) mass is 468 g/mol. The van der Waals surface area contributed by atoms with Crippen LogP contribution in [0.4, 0.5) is 5.69 Å². The van der Waals surface area contributed by atoms with Crippen LogP contribution in [0.5, 0.6) is 17.2 Å². The number of aryl methyl sites for hydroxylation is 1. The Hall–Kier alpha value is -3.72. The van der Waals surface area contributed by atoms with Gasteiger partial charge in [-0.1, -0.05) is 23.8 Å². The van der Waals surface area contributed by atoms with Gasteiger partial charge in [0, 0.05) is 17.8 Å². The van der Waals surface area contributed by atoms with Gasteiger partial charge in [-0.2, -0.15) is 0 Å². The zero-order chi connectivity index (χ0) is 23.4. The molecule has 0 fully saturated rings. The number of hydrogen-bond donors (Lipinski definition) is 2. The first-order valence-electron chi connectivity index (χ1n) is 10.3. The van der Waals surface area contributed by atoms with Gasteiger partial charge in [0.05, 0.1) is 7.11 Å². The van der Waals surface area contributed by atoms with Gasteiger partial charge in [-0.3, -0.25) is 9.52 Å². The highest BCUT2D eigenvalue weighted by atomic mass is 32.2. The topological polar surface area (TPSA) is 103 Å². The zero-order valence-corrected chi connectivity index (χ0v) is 19.1. The molecule has 0 saturated carbocycles. The second-order valence-corrected chi connectivity index (χ2v) is 9.18. The number of benzene rings is 3. The lowest BCUT2D eigenvalue weighted by molar-refractivity contribution is 0.0954. The van der Waals surface area contributed by atoms with E-state index < -0.39 is 10.0 Å². The van der Waals surface area contributed by atoms with Crippen molar-refractivity contribution in [3.05, 3.63) is 77.4 Å². The number of carbonyl (C=O) groups is 1. The van der Waals surface area contributed by atoms with Gasteiger partial charge in [-0.25, -0.2) is 8.42 Å². The molecule has 0 radical (unpaired) electrons. The molecule has 3 aromatic carbocycles. The van der Waals surface area contributed by atoms with Crippen molar-refractivity contribution < 1.29 is 27.4 Å². The Morgan fingerprint density at radius 1 is 1.00 bits per heavy atom. The third-order valence-electron chi connectivity index (χ3n) is 5.16. The lowest BCUT2D eigenvalue weighted by Gasteiger charge is -2.13. The van der Waals surface area contributed by atoms with Gasteiger partial charge < -0.3 is 19.5 Å². The fourth-order valence-corrected chi connectivity index (χ4v) is 4.63. The van der Waals surface area contributed by atoms with E-state index in [2.05, 4.69) is 10.0 Å². The van der Waals surface area contributed by atoms with Crippen molar-refractivity contribution in [2.75, 3.05) is 25.2 Å². The maximum absolute atomic E-state index is 13.0. The summed E-state index contributed by atoms with van der Waals surface area (Å²) < 4.78 is 44.4. The van der Waals surface area contributed by atoms with Crippen molar-refractivity contribution in [1.82, 2.24) is 5.32 Å². The van der Waals surface area contributed by atoms with Crippen molar-refractivity contribution in [3.63, 3.8) is 0 Å². The van der Waals surface area contributed by atoms with Crippen LogP contribution in [0, 0.1) is 6.92 Å². The summed E-state index contributed by atoms with van der Waals surface area (Å²) in [6.45, 7) is 2.49. The summed E-state index contributed by atoms with van der Waals surface area (Å²) >= 11 is 0. The molecular formula is C24H24N2O6S. The van der Waals surface area contributed by atoms with E-state index in [0.717, 1.165) is 11.1 Å². The number of rotatable bonds is 8. The molecule has 1 amide bonds. The molecule has 0 unspecified atom stereocenters. The number of anilines is 1. The second-order valence-electron chi connectivity index (χ2n) is 7.53. The standard InChI is InChI=1S/C24H24N2O6S/c1-16-3-7-19(8-4-16)26-33(28,29)23-14-18(6-10-21(23)30-2)24(27)25-12-11-17-5-9-20-22(13-17)32-15-31-20/h3-10,13-14,26H,11-12,15H2,1-2H3,(H,25,27). The number of methoxy groups -OCH3 is 1. The maximum atomic E-state index is 13.0. The van der Waals surface area contributed by atoms with Crippen molar-refractivity contribution >= 4 is 21.6 Å². The van der Waals surface area contributed by atoms with Gasteiger partial charge in [-0.05, 0) is 61.4 Å². The first-order chi connectivity index (χ1) is 15.9. The minimum atomic E-state index is -3.98. The molecule has 0 aromatic heterocycles. The van der Waals surface area contributed by atoms with Gasteiger partial charge in [0.1, 0.15) is 10.6 Å². The molecule has 1 aliphatic heterocycles. The Morgan fingerprint density at radius 2 is 1.76 bits per heavy atom. The molecule has 0 bridgehead atoms. The van der Waals surface area contributed by atoms with Crippen LogP contribution in [0.1, 0.15) is 21.5 Å². The normalized spacial score (nSPS) is 12.3. The van der Waals surface area contributed by atoms with Gasteiger partial charge in [0.2, 0.25) is 6.79 Å². The van der Waals surface area contributed by atoms with E-state index in [1.807, 2.05) is 25.1 Å². The molecule has 0 atom stereocenters. The molecule has 1 aliphatic rings. The molecule has 4 rings (SSSR count). The Morgan fingerprint density at radius 3 is 2.52 bits per heavy atom. The summed E-state index contributed by atoms with van der Waals surface area (Å²) in [5.74, 6) is 1.15. The number of hydrogen-bond acceptors (Lipinski definition) is 6. The van der Waals surface area contributed by atoms with E-state index in [1.54, 1.807) is 24.3 Å². The summed E-state index contributed by atoms with van der Waals surface area (Å²) in [5, 5.41) is 2.82. The SMILES string of the molecule is COc1ccc(C(=O)NCCc2ccc3c(c2)OCO3)cc1S(=O)(=O)Nc1ccc(C)cc1. The lowest BCUT2D eigenvalue weighted by Crippen LogP contribution is -2.26. The van der Waals surface area contributed by atoms with Gasteiger partial charge in [0.25, 0.3) is 15.9 Å². The van der Waals surface area contributed by atoms with Crippen molar-refractivity contribution in [2.45, 2.75) is 18.2 Å². The summed E-state index contributed by atoms with van der Waals surface area (Å²) in [6, 6.07) is 16.9. The second kappa shape index (κ2) is 9.41. The van der Waals surface area contributed by atoms with Crippen LogP contribution in [-0.4, -0.2) is 34.8 Å². The van der Waals surface area contributed by atoms with Crippen LogP contribution in [0.2, 0.25) is 0 Å². The third-order valence-corrected chi connectivity index (χ3v) is 6.56. The van der Waals surface area contributed by atoms with Crippen molar-refractivity contribution in [3.8, 4) is 17.2 Å². The number of amides is 1. The largest absolute Gasteiger partial charge is 0.495 e. The Balaban J connectivity index is 1.46. The molecule has 1 heterocycles. The number of fused-ring (bicyclic) bond motifs is 1. The molecular weight excluding hydrogens is 444 g/mol. The van der Waals surface area contributed by atoms with Crippen LogP contribution in [-0.2, 0) is 16.4 Å². The van der Waals surface area contributed by atoms with Crippen molar-refractivity contribution in [1.29, 1.82) is 0 Å². The Kier molecular flexibility index (Phi) is 6.41. The summed E-state index contributed by atoms with van der Waals surface area (Å²) in [7, 11) is -2.59. The average molecular weight is 469 g/mol. The molecule has 33 heavy (non-hydrogen) atoms. The van der Waals surface area contributed by atoms with Crippen LogP contribution in [0.15, 0.2) is 65.6 Å². The van der Waals surface area contributed by atoms with E-state index in [1.165, 1.54) is 25.3 Å². The molecule has 2 N–H and O–H groups in total. The smallest absolute Gasteiger partial charge is 0.265 e. The number of sulfonamides is 1. The minimum Gasteiger partial charge on any atom is -0.495 e. The highest BCUT2D eigenvalue weighted by Crippen LogP contribution is 2.32. The highest BCUT2D eigenvalue weighted by molar-refractivity contribution is 7.92. The molecule has 0 spiro atoms. The van der Waals surface area contributed by atoms with Gasteiger partial charge in [0.15, 0.2) is 11.5 Å². The molecule has 9 heteroatoms. The fourth-order valence-electron chi connectivity index (χ4n) is 3.38. The van der Waals surface area contributed by atoms with Crippen molar-refractivity contribution in [2.24, 2.45) is 0 Å². The first kappa shape index (κ1) is 22.5. The van der Waals surface area contributed by atoms with Crippen LogP contribution >= 0.6 is 0 Å². The van der Waals surface area contributed by atoms with Crippen LogP contribution in [0.25, 0.3) is 0 Å². The third kappa shape index (κ3) is 5.20. The van der Waals surface area contributed by atoms with E-state index in [4.69, 9.17) is 14.2 Å². The molecule has 172 valence electrons. The van der Waals surface area contributed by atoms with Gasteiger partial charge >= 0.3 is 0 Å². The highest BCUT2D eigenvalue weighted by Gasteiger charge is 2.22. The molecule has 0 aliphatic carbocycles. The predicted octanol–water partition coefficient (Wildman–Crippen LogP) is 3.51. The Bertz CT molecular complexity index is 1270. The summed E-state index contributed by atoms with van der Waals surface area (Å²) in [4.78, 5) is 12.6. The van der Waals surface area contributed by atoms with Crippen LogP contribution in [0.3, 0.4) is 0 Å². The number of nitrogens with one attached hydrogen (secondary N) is 2. The number of ether oxygens (including phenoxy) is 3. The first-order valence-corrected chi connectivity index (χ1v) is 11.8. The minimum absolute atomic E-state index is 0.117. The summed E-state index contributed by atoms with van der Waals surface area (Å²) in [5.41, 5.74) is 2.63. The van der Waals surface area contributed by atoms with Gasteiger partial charge in [-0.15, -0.1) is 0 Å².